The van der Waals surface area contributed by atoms with E-state index in [1.54, 1.807) is 41.8 Å². The van der Waals surface area contributed by atoms with Crippen LogP contribution in [0.2, 0.25) is 0 Å². The standard InChI is InChI=1S/C21H27N3O4S2/c1-2-3-12-22-21(26)17-7-4-5-8-18(17)23-20(25)16-10-13-24(14-11-16)30(27,28)19-9-6-15-29-19/h4-9,15-16H,2-3,10-14H2,1H3,(H,22,26)(H,23,25). The molecule has 7 nitrogen and oxygen atoms in total. The Morgan fingerprint density at radius 2 is 1.87 bits per heavy atom. The van der Waals surface area contributed by atoms with Crippen LogP contribution in [0.15, 0.2) is 46.0 Å². The lowest BCUT2D eigenvalue weighted by Gasteiger charge is -2.30. The maximum Gasteiger partial charge on any atom is 0.253 e. The summed E-state index contributed by atoms with van der Waals surface area (Å²) in [6, 6.07) is 10.2. The third-order valence-electron chi connectivity index (χ3n) is 5.16. The van der Waals surface area contributed by atoms with Crippen LogP contribution in [0.1, 0.15) is 43.0 Å². The van der Waals surface area contributed by atoms with E-state index in [2.05, 4.69) is 17.6 Å². The van der Waals surface area contributed by atoms with Crippen molar-refractivity contribution in [3.05, 3.63) is 47.3 Å². The van der Waals surface area contributed by atoms with Crippen molar-refractivity contribution in [2.45, 2.75) is 36.8 Å². The Bertz CT molecular complexity index is 966. The van der Waals surface area contributed by atoms with Gasteiger partial charge in [0.15, 0.2) is 0 Å². The molecule has 2 aromatic rings. The zero-order chi connectivity index (χ0) is 21.6. The van der Waals surface area contributed by atoms with Crippen molar-refractivity contribution in [2.24, 2.45) is 5.92 Å². The Labute approximate surface area is 181 Å². The molecule has 2 amide bonds. The van der Waals surface area contributed by atoms with E-state index in [1.165, 1.54) is 15.6 Å². The van der Waals surface area contributed by atoms with E-state index in [0.29, 0.717) is 47.9 Å². The van der Waals surface area contributed by atoms with E-state index < -0.39 is 10.0 Å². The molecule has 162 valence electrons. The number of para-hydroxylation sites is 1. The topological polar surface area (TPSA) is 95.6 Å². The van der Waals surface area contributed by atoms with Gasteiger partial charge in [-0.2, -0.15) is 4.31 Å². The summed E-state index contributed by atoms with van der Waals surface area (Å²) in [4.78, 5) is 25.2. The number of nitrogens with zero attached hydrogens (tertiary/aromatic N) is 1. The molecule has 30 heavy (non-hydrogen) atoms. The molecule has 1 aromatic heterocycles. The van der Waals surface area contributed by atoms with E-state index >= 15 is 0 Å². The molecule has 2 heterocycles. The van der Waals surface area contributed by atoms with Crippen LogP contribution in [0.3, 0.4) is 0 Å². The van der Waals surface area contributed by atoms with Gasteiger partial charge in [-0.15, -0.1) is 11.3 Å². The molecule has 0 aliphatic carbocycles. The summed E-state index contributed by atoms with van der Waals surface area (Å²) in [5.74, 6) is -0.691. The van der Waals surface area contributed by atoms with E-state index in [4.69, 9.17) is 0 Å². The number of thiophene rings is 1. The highest BCUT2D eigenvalue weighted by atomic mass is 32.2. The van der Waals surface area contributed by atoms with Crippen molar-refractivity contribution in [2.75, 3.05) is 25.0 Å². The van der Waals surface area contributed by atoms with Crippen molar-refractivity contribution in [1.29, 1.82) is 0 Å². The summed E-state index contributed by atoms with van der Waals surface area (Å²) in [7, 11) is -3.49. The molecule has 0 atom stereocenters. The molecule has 0 bridgehead atoms. The summed E-state index contributed by atoms with van der Waals surface area (Å²) < 4.78 is 27.0. The lowest BCUT2D eigenvalue weighted by atomic mass is 9.97. The Morgan fingerprint density at radius 3 is 2.53 bits per heavy atom. The highest BCUT2D eigenvalue weighted by Crippen LogP contribution is 2.27. The summed E-state index contributed by atoms with van der Waals surface area (Å²) in [5, 5.41) is 7.47. The van der Waals surface area contributed by atoms with Crippen LogP contribution in [0, 0.1) is 5.92 Å². The zero-order valence-corrected chi connectivity index (χ0v) is 18.6. The molecule has 0 saturated carbocycles. The monoisotopic (exact) mass is 449 g/mol. The number of benzene rings is 1. The van der Waals surface area contributed by atoms with E-state index in [-0.39, 0.29) is 17.7 Å². The second-order valence-corrected chi connectivity index (χ2v) is 10.4. The first-order chi connectivity index (χ1) is 14.4. The first-order valence-electron chi connectivity index (χ1n) is 10.1. The van der Waals surface area contributed by atoms with Gasteiger partial charge in [-0.3, -0.25) is 9.59 Å². The predicted octanol–water partition coefficient (Wildman–Crippen LogP) is 3.32. The molecule has 1 fully saturated rings. The lowest BCUT2D eigenvalue weighted by Crippen LogP contribution is -2.41. The third-order valence-corrected chi connectivity index (χ3v) is 8.43. The van der Waals surface area contributed by atoms with Crippen LogP contribution >= 0.6 is 11.3 Å². The molecule has 0 radical (unpaired) electrons. The molecule has 1 aromatic carbocycles. The van der Waals surface area contributed by atoms with Crippen LogP contribution < -0.4 is 10.6 Å². The van der Waals surface area contributed by atoms with Gasteiger partial charge in [0.05, 0.1) is 11.3 Å². The smallest absolute Gasteiger partial charge is 0.253 e. The summed E-state index contributed by atoms with van der Waals surface area (Å²) in [5.41, 5.74) is 0.907. The number of amides is 2. The summed E-state index contributed by atoms with van der Waals surface area (Å²) in [6.45, 7) is 3.25. The Kier molecular flexibility index (Phi) is 7.63. The second kappa shape index (κ2) is 10.2. The van der Waals surface area contributed by atoms with Crippen molar-refractivity contribution >= 4 is 38.9 Å². The fourth-order valence-corrected chi connectivity index (χ4v) is 6.01. The number of unbranched alkanes of at least 4 members (excludes halogenated alkanes) is 1. The largest absolute Gasteiger partial charge is 0.352 e. The van der Waals surface area contributed by atoms with Gasteiger partial charge in [0.25, 0.3) is 15.9 Å². The van der Waals surface area contributed by atoms with Gasteiger partial charge in [-0.05, 0) is 42.8 Å². The molecule has 1 aliphatic heterocycles. The van der Waals surface area contributed by atoms with Crippen LogP contribution in [-0.2, 0) is 14.8 Å². The highest BCUT2D eigenvalue weighted by molar-refractivity contribution is 7.91. The van der Waals surface area contributed by atoms with Gasteiger partial charge in [0.2, 0.25) is 5.91 Å². The fourth-order valence-electron chi connectivity index (χ4n) is 3.39. The minimum absolute atomic E-state index is 0.183. The highest BCUT2D eigenvalue weighted by Gasteiger charge is 2.32. The molecule has 3 rings (SSSR count). The average molecular weight is 450 g/mol. The minimum Gasteiger partial charge on any atom is -0.352 e. The molecule has 9 heteroatoms. The van der Waals surface area contributed by atoms with Crippen LogP contribution in [0.5, 0.6) is 0 Å². The van der Waals surface area contributed by atoms with Crippen molar-refractivity contribution < 1.29 is 18.0 Å². The third kappa shape index (κ3) is 5.27. The van der Waals surface area contributed by atoms with E-state index in [0.717, 1.165) is 12.8 Å². The van der Waals surface area contributed by atoms with Crippen LogP contribution in [0.25, 0.3) is 0 Å². The Morgan fingerprint density at radius 1 is 1.13 bits per heavy atom. The number of hydrogen-bond donors (Lipinski definition) is 2. The first-order valence-corrected chi connectivity index (χ1v) is 12.5. The predicted molar refractivity (Wildman–Crippen MR) is 118 cm³/mol. The first kappa shape index (κ1) is 22.5. The Balaban J connectivity index is 1.60. The number of sulfonamides is 1. The van der Waals surface area contributed by atoms with Gasteiger partial charge in [-0.25, -0.2) is 8.42 Å². The summed E-state index contributed by atoms with van der Waals surface area (Å²) in [6.07, 6.45) is 2.77. The number of anilines is 1. The van der Waals surface area contributed by atoms with E-state index in [9.17, 15) is 18.0 Å². The van der Waals surface area contributed by atoms with Crippen molar-refractivity contribution in [3.8, 4) is 0 Å². The van der Waals surface area contributed by atoms with Crippen molar-refractivity contribution in [3.63, 3.8) is 0 Å². The van der Waals surface area contributed by atoms with Gasteiger partial charge in [0, 0.05) is 25.6 Å². The van der Waals surface area contributed by atoms with Crippen LogP contribution in [-0.4, -0.2) is 44.2 Å². The molecular formula is C21H27N3O4S2. The lowest BCUT2D eigenvalue weighted by molar-refractivity contribution is -0.120. The number of carbonyl (C=O) groups excluding carboxylic acids is 2. The molecule has 0 spiro atoms. The Hall–Kier alpha value is -2.23. The van der Waals surface area contributed by atoms with E-state index in [1.807, 2.05) is 0 Å². The SMILES string of the molecule is CCCCNC(=O)c1ccccc1NC(=O)C1CCN(S(=O)(=O)c2cccs2)CC1. The summed E-state index contributed by atoms with van der Waals surface area (Å²) >= 11 is 1.20. The number of hydrogen-bond acceptors (Lipinski definition) is 5. The molecule has 1 saturated heterocycles. The molecule has 1 aliphatic rings. The number of rotatable bonds is 8. The van der Waals surface area contributed by atoms with Gasteiger partial charge in [-0.1, -0.05) is 31.5 Å². The maximum absolute atomic E-state index is 12.8. The van der Waals surface area contributed by atoms with Gasteiger partial charge in [0.1, 0.15) is 4.21 Å². The van der Waals surface area contributed by atoms with Crippen LogP contribution in [0.4, 0.5) is 5.69 Å². The van der Waals surface area contributed by atoms with Gasteiger partial charge < -0.3 is 10.6 Å². The molecule has 2 N–H and O–H groups in total. The quantitative estimate of drug-likeness (QED) is 0.605. The second-order valence-electron chi connectivity index (χ2n) is 7.25. The van der Waals surface area contributed by atoms with Gasteiger partial charge >= 0.3 is 0 Å². The molecule has 0 unspecified atom stereocenters. The minimum atomic E-state index is -3.49. The average Bonchev–Trinajstić information content (AvgIpc) is 3.30. The fraction of sp³-hybridized carbons (Fsp3) is 0.429. The maximum atomic E-state index is 12.8. The number of nitrogens with one attached hydrogen (secondary N) is 2. The number of piperidine rings is 1. The molecular weight excluding hydrogens is 422 g/mol. The number of carbonyl (C=O) groups is 2. The normalized spacial score (nSPS) is 15.6. The zero-order valence-electron chi connectivity index (χ0n) is 17.0. The van der Waals surface area contributed by atoms with Crippen molar-refractivity contribution in [1.82, 2.24) is 9.62 Å².